The molecule has 1 N–H and O–H groups in total. The highest BCUT2D eigenvalue weighted by atomic mass is 35.5. The summed E-state index contributed by atoms with van der Waals surface area (Å²) in [6.07, 6.45) is 1.80. The number of carbonyl (C=O) groups excluding carboxylic acids is 1. The van der Waals surface area contributed by atoms with Crippen LogP contribution in [0.1, 0.15) is 12.5 Å². The third kappa shape index (κ3) is 3.47. The van der Waals surface area contributed by atoms with Crippen molar-refractivity contribution in [2.75, 3.05) is 6.54 Å². The molecular formula is C18H15ClN2O2S. The van der Waals surface area contributed by atoms with Crippen LogP contribution in [0.25, 0.3) is 6.08 Å². The highest BCUT2D eigenvalue weighted by Gasteiger charge is 2.32. The molecule has 1 aliphatic rings. The number of para-hydroxylation sites is 1. The van der Waals surface area contributed by atoms with E-state index >= 15 is 0 Å². The van der Waals surface area contributed by atoms with Crippen molar-refractivity contribution in [2.45, 2.75) is 6.92 Å². The summed E-state index contributed by atoms with van der Waals surface area (Å²) in [7, 11) is 0. The van der Waals surface area contributed by atoms with Crippen molar-refractivity contribution in [2.24, 2.45) is 4.99 Å². The van der Waals surface area contributed by atoms with Gasteiger partial charge in [-0.3, -0.25) is 9.69 Å². The number of hydrogen-bond donors (Lipinski definition) is 1. The Balaban J connectivity index is 1.94. The van der Waals surface area contributed by atoms with Crippen LogP contribution < -0.4 is 0 Å². The van der Waals surface area contributed by atoms with E-state index in [1.165, 1.54) is 11.8 Å². The number of nitrogens with zero attached hydrogens (tertiary/aromatic N) is 2. The van der Waals surface area contributed by atoms with E-state index in [1.54, 1.807) is 41.3 Å². The molecule has 0 atom stereocenters. The molecule has 0 bridgehead atoms. The number of hydrogen-bond acceptors (Lipinski definition) is 4. The van der Waals surface area contributed by atoms with Crippen LogP contribution in [-0.4, -0.2) is 27.6 Å². The lowest BCUT2D eigenvalue weighted by atomic mass is 10.2. The summed E-state index contributed by atoms with van der Waals surface area (Å²) in [4.78, 5) is 19.3. The molecule has 1 amide bonds. The maximum Gasteiger partial charge on any atom is 0.266 e. The maximum atomic E-state index is 12.6. The van der Waals surface area contributed by atoms with Gasteiger partial charge in [0.15, 0.2) is 5.17 Å². The number of likely N-dealkylation sites (N-methyl/N-ethyl adjacent to an activating group) is 1. The number of amides is 1. The summed E-state index contributed by atoms with van der Waals surface area (Å²) in [5, 5.41) is 10.5. The predicted molar refractivity (Wildman–Crippen MR) is 99.6 cm³/mol. The van der Waals surface area contributed by atoms with Gasteiger partial charge in [-0.2, -0.15) is 0 Å². The summed E-state index contributed by atoms with van der Waals surface area (Å²) >= 11 is 7.47. The van der Waals surface area contributed by atoms with Gasteiger partial charge in [0, 0.05) is 6.54 Å². The lowest BCUT2D eigenvalue weighted by Gasteiger charge is -2.12. The van der Waals surface area contributed by atoms with Gasteiger partial charge in [0.25, 0.3) is 5.91 Å². The number of rotatable bonds is 3. The molecule has 0 aliphatic carbocycles. The quantitative estimate of drug-likeness (QED) is 0.811. The van der Waals surface area contributed by atoms with Crippen LogP contribution >= 0.6 is 23.4 Å². The normalized spacial score (nSPS) is 17.9. The highest BCUT2D eigenvalue weighted by Crippen LogP contribution is 2.35. The largest absolute Gasteiger partial charge is 0.508 e. The standard InChI is InChI=1S/C18H15ClN2O2S/c1-2-21-17(23)16(11-12-7-9-13(22)10-8-12)24-18(21)20-15-6-4-3-5-14(15)19/h3-11,22H,2H2,1H3/b16-11+,20-18?. The second-order valence-corrected chi connectivity index (χ2v) is 6.51. The van der Waals surface area contributed by atoms with E-state index in [9.17, 15) is 9.90 Å². The second-order valence-electron chi connectivity index (χ2n) is 5.10. The minimum absolute atomic E-state index is 0.0821. The molecule has 1 aliphatic heterocycles. The highest BCUT2D eigenvalue weighted by molar-refractivity contribution is 8.18. The zero-order valence-electron chi connectivity index (χ0n) is 12.9. The second kappa shape index (κ2) is 7.11. The van der Waals surface area contributed by atoms with Crippen molar-refractivity contribution < 1.29 is 9.90 Å². The van der Waals surface area contributed by atoms with Gasteiger partial charge >= 0.3 is 0 Å². The summed E-state index contributed by atoms with van der Waals surface area (Å²) in [5.41, 5.74) is 1.48. The molecule has 0 spiro atoms. The molecule has 0 saturated carbocycles. The predicted octanol–water partition coefficient (Wildman–Crippen LogP) is 4.67. The molecule has 6 heteroatoms. The summed E-state index contributed by atoms with van der Waals surface area (Å²) in [6.45, 7) is 2.44. The molecular weight excluding hydrogens is 344 g/mol. The fraction of sp³-hybridized carbons (Fsp3) is 0.111. The molecule has 122 valence electrons. The molecule has 0 aromatic heterocycles. The first kappa shape index (κ1) is 16.6. The summed E-state index contributed by atoms with van der Waals surface area (Å²) in [5.74, 6) is 0.111. The van der Waals surface area contributed by atoms with Crippen LogP contribution in [-0.2, 0) is 4.79 Å². The van der Waals surface area contributed by atoms with E-state index in [-0.39, 0.29) is 11.7 Å². The first-order valence-electron chi connectivity index (χ1n) is 7.42. The van der Waals surface area contributed by atoms with Crippen LogP contribution in [0.5, 0.6) is 5.75 Å². The Morgan fingerprint density at radius 1 is 1.21 bits per heavy atom. The molecule has 0 radical (unpaired) electrons. The lowest BCUT2D eigenvalue weighted by Crippen LogP contribution is -2.28. The summed E-state index contributed by atoms with van der Waals surface area (Å²) in [6, 6.07) is 14.0. The number of benzene rings is 2. The molecule has 1 fully saturated rings. The number of carbonyl (C=O) groups is 1. The third-order valence-corrected chi connectivity index (χ3v) is 4.79. The molecule has 3 rings (SSSR count). The Hall–Kier alpha value is -2.24. The molecule has 24 heavy (non-hydrogen) atoms. The van der Waals surface area contributed by atoms with E-state index in [0.717, 1.165) is 5.56 Å². The van der Waals surface area contributed by atoms with Crippen molar-refractivity contribution in [1.82, 2.24) is 4.90 Å². The molecule has 2 aromatic carbocycles. The Labute approximate surface area is 149 Å². The van der Waals surface area contributed by atoms with Crippen molar-refractivity contribution >= 4 is 46.2 Å². The first-order chi connectivity index (χ1) is 11.6. The average Bonchev–Trinajstić information content (AvgIpc) is 2.87. The SMILES string of the molecule is CCN1C(=O)/C(=C\c2ccc(O)cc2)SC1=Nc1ccccc1Cl. The number of phenolic OH excluding ortho intramolecular Hbond substituents is 1. The van der Waals surface area contributed by atoms with Crippen molar-refractivity contribution in [3.63, 3.8) is 0 Å². The molecule has 1 heterocycles. The molecule has 1 saturated heterocycles. The Bertz CT molecular complexity index is 831. The van der Waals surface area contributed by atoms with E-state index in [4.69, 9.17) is 11.6 Å². The van der Waals surface area contributed by atoms with Gasteiger partial charge in [0.2, 0.25) is 0 Å². The van der Waals surface area contributed by atoms with Gasteiger partial charge in [-0.05, 0) is 54.6 Å². The number of aliphatic imine (C=N–C) groups is 1. The molecule has 2 aromatic rings. The van der Waals surface area contributed by atoms with E-state index in [0.29, 0.717) is 27.3 Å². The fourth-order valence-corrected chi connectivity index (χ4v) is 3.47. The van der Waals surface area contributed by atoms with Crippen LogP contribution in [0, 0.1) is 0 Å². The van der Waals surface area contributed by atoms with Gasteiger partial charge in [0.1, 0.15) is 5.75 Å². The van der Waals surface area contributed by atoms with Gasteiger partial charge in [0.05, 0.1) is 15.6 Å². The Morgan fingerprint density at radius 2 is 1.92 bits per heavy atom. The van der Waals surface area contributed by atoms with Gasteiger partial charge in [-0.25, -0.2) is 4.99 Å². The fourth-order valence-electron chi connectivity index (χ4n) is 2.24. The van der Waals surface area contributed by atoms with Gasteiger partial charge < -0.3 is 5.11 Å². The zero-order valence-corrected chi connectivity index (χ0v) is 14.5. The smallest absolute Gasteiger partial charge is 0.266 e. The van der Waals surface area contributed by atoms with Crippen LogP contribution in [0.3, 0.4) is 0 Å². The Kier molecular flexibility index (Phi) is 4.92. The zero-order chi connectivity index (χ0) is 17.1. The minimum atomic E-state index is -0.0821. The minimum Gasteiger partial charge on any atom is -0.508 e. The molecule has 0 unspecified atom stereocenters. The topological polar surface area (TPSA) is 52.9 Å². The van der Waals surface area contributed by atoms with E-state index in [1.807, 2.05) is 25.1 Å². The average molecular weight is 359 g/mol. The number of aromatic hydroxyl groups is 1. The maximum absolute atomic E-state index is 12.6. The number of phenols is 1. The van der Waals surface area contributed by atoms with Crippen LogP contribution in [0.4, 0.5) is 5.69 Å². The van der Waals surface area contributed by atoms with Crippen LogP contribution in [0.15, 0.2) is 58.4 Å². The van der Waals surface area contributed by atoms with Crippen molar-refractivity contribution in [3.8, 4) is 5.75 Å². The number of thioether (sulfide) groups is 1. The van der Waals surface area contributed by atoms with Gasteiger partial charge in [-0.1, -0.05) is 35.9 Å². The first-order valence-corrected chi connectivity index (χ1v) is 8.61. The van der Waals surface area contributed by atoms with Crippen molar-refractivity contribution in [1.29, 1.82) is 0 Å². The van der Waals surface area contributed by atoms with Gasteiger partial charge in [-0.15, -0.1) is 0 Å². The molecule has 4 nitrogen and oxygen atoms in total. The summed E-state index contributed by atoms with van der Waals surface area (Å²) < 4.78 is 0. The third-order valence-electron chi connectivity index (χ3n) is 3.46. The van der Waals surface area contributed by atoms with Crippen molar-refractivity contribution in [3.05, 3.63) is 64.0 Å². The van der Waals surface area contributed by atoms with E-state index in [2.05, 4.69) is 4.99 Å². The number of halogens is 1. The lowest BCUT2D eigenvalue weighted by molar-refractivity contribution is -0.122. The Morgan fingerprint density at radius 3 is 2.58 bits per heavy atom. The van der Waals surface area contributed by atoms with Crippen LogP contribution in [0.2, 0.25) is 5.02 Å². The monoisotopic (exact) mass is 358 g/mol. The van der Waals surface area contributed by atoms with E-state index < -0.39 is 0 Å². The number of amidine groups is 1.